The summed E-state index contributed by atoms with van der Waals surface area (Å²) in [5, 5.41) is 10.1. The first-order valence-electron chi connectivity index (χ1n) is 6.58. The number of aliphatic hydroxyl groups excluding tert-OH is 1. The van der Waals surface area contributed by atoms with E-state index in [2.05, 4.69) is 4.74 Å². The van der Waals surface area contributed by atoms with Gasteiger partial charge in [-0.05, 0) is 12.0 Å². The monoisotopic (exact) mass is 345 g/mol. The van der Waals surface area contributed by atoms with Crippen molar-refractivity contribution in [3.8, 4) is 5.75 Å². The van der Waals surface area contributed by atoms with Crippen LogP contribution in [0.4, 0.5) is 17.6 Å². The molecule has 0 aliphatic heterocycles. The second-order valence-electron chi connectivity index (χ2n) is 4.90. The van der Waals surface area contributed by atoms with Gasteiger partial charge >= 0.3 is 12.5 Å². The molecule has 3 atom stereocenters. The lowest BCUT2D eigenvalue weighted by Gasteiger charge is -2.27. The molecule has 22 heavy (non-hydrogen) atoms. The molecule has 0 heterocycles. The molecule has 1 aromatic carbocycles. The number of alkyl halides is 4. The van der Waals surface area contributed by atoms with Gasteiger partial charge in [0, 0.05) is 5.56 Å². The van der Waals surface area contributed by atoms with Crippen molar-refractivity contribution >= 4 is 12.4 Å². The van der Waals surface area contributed by atoms with Crippen LogP contribution in [0, 0.1) is 5.92 Å². The standard InChI is InChI=1S/C14H19F4NO2.ClH/c1-3-8(2)12(20)11(19)9-6-4-5-7-10(9)21-14(17,18)13(15)16;/h4-8,11-13,20H,3,19H2,1-2H3;1H/t8?,11-,12+;/m1./s1. The van der Waals surface area contributed by atoms with Crippen molar-refractivity contribution in [2.24, 2.45) is 11.7 Å². The van der Waals surface area contributed by atoms with Gasteiger partial charge in [0.25, 0.3) is 0 Å². The molecule has 0 saturated carbocycles. The molecule has 0 saturated heterocycles. The minimum absolute atomic E-state index is 0. The summed E-state index contributed by atoms with van der Waals surface area (Å²) >= 11 is 0. The number of ether oxygens (including phenoxy) is 1. The molecule has 0 spiro atoms. The van der Waals surface area contributed by atoms with Gasteiger partial charge in [-0.1, -0.05) is 38.5 Å². The lowest BCUT2D eigenvalue weighted by atomic mass is 9.91. The molecule has 3 nitrogen and oxygen atoms in total. The third-order valence-corrected chi connectivity index (χ3v) is 3.37. The molecule has 1 unspecified atom stereocenters. The molecule has 0 fully saturated rings. The lowest BCUT2D eigenvalue weighted by Crippen LogP contribution is -2.36. The Balaban J connectivity index is 0.00000441. The highest BCUT2D eigenvalue weighted by molar-refractivity contribution is 5.85. The minimum atomic E-state index is -4.61. The maximum absolute atomic E-state index is 13.0. The van der Waals surface area contributed by atoms with Crippen LogP contribution in [0.5, 0.6) is 5.75 Å². The van der Waals surface area contributed by atoms with E-state index in [0.29, 0.717) is 6.42 Å². The Morgan fingerprint density at radius 2 is 1.82 bits per heavy atom. The van der Waals surface area contributed by atoms with Crippen LogP contribution in [0.1, 0.15) is 31.9 Å². The van der Waals surface area contributed by atoms with E-state index >= 15 is 0 Å². The Kier molecular flexibility index (Phi) is 8.14. The van der Waals surface area contributed by atoms with E-state index in [9.17, 15) is 22.7 Å². The average molecular weight is 346 g/mol. The molecule has 0 bridgehead atoms. The number of benzene rings is 1. The first-order valence-corrected chi connectivity index (χ1v) is 6.58. The summed E-state index contributed by atoms with van der Waals surface area (Å²) in [5.74, 6) is -0.638. The number of hydrogen-bond acceptors (Lipinski definition) is 3. The summed E-state index contributed by atoms with van der Waals surface area (Å²) in [6.07, 6.45) is -8.94. The van der Waals surface area contributed by atoms with E-state index < -0.39 is 30.4 Å². The number of nitrogens with two attached hydrogens (primary N) is 1. The fourth-order valence-electron chi connectivity index (χ4n) is 1.82. The number of para-hydroxylation sites is 1. The maximum atomic E-state index is 13.0. The van der Waals surface area contributed by atoms with Gasteiger partial charge in [0.05, 0.1) is 12.1 Å². The summed E-state index contributed by atoms with van der Waals surface area (Å²) < 4.78 is 54.6. The number of rotatable bonds is 7. The van der Waals surface area contributed by atoms with Crippen molar-refractivity contribution in [1.82, 2.24) is 0 Å². The molecule has 0 amide bonds. The molecule has 8 heteroatoms. The predicted molar refractivity (Wildman–Crippen MR) is 77.7 cm³/mol. The predicted octanol–water partition coefficient (Wildman–Crippen LogP) is 3.75. The summed E-state index contributed by atoms with van der Waals surface area (Å²) in [6.45, 7) is 3.59. The Morgan fingerprint density at radius 1 is 1.27 bits per heavy atom. The van der Waals surface area contributed by atoms with E-state index in [4.69, 9.17) is 5.73 Å². The zero-order valence-corrected chi connectivity index (χ0v) is 13.0. The van der Waals surface area contributed by atoms with Crippen molar-refractivity contribution < 1.29 is 27.4 Å². The third-order valence-electron chi connectivity index (χ3n) is 3.37. The Hall–Kier alpha value is -1.05. The van der Waals surface area contributed by atoms with Crippen LogP contribution in [0.3, 0.4) is 0 Å². The van der Waals surface area contributed by atoms with E-state index in [0.717, 1.165) is 6.07 Å². The first kappa shape index (κ1) is 20.9. The largest absolute Gasteiger partial charge is 0.461 e. The van der Waals surface area contributed by atoms with Gasteiger partial charge in [-0.3, -0.25) is 0 Å². The summed E-state index contributed by atoms with van der Waals surface area (Å²) in [6, 6.07) is 4.35. The first-order chi connectivity index (χ1) is 9.70. The highest BCUT2D eigenvalue weighted by Crippen LogP contribution is 2.34. The fraction of sp³-hybridized carbons (Fsp3) is 0.571. The summed E-state index contributed by atoms with van der Waals surface area (Å²) in [4.78, 5) is 0. The van der Waals surface area contributed by atoms with Crippen LogP contribution in [-0.4, -0.2) is 23.7 Å². The molecule has 1 aromatic rings. The topological polar surface area (TPSA) is 55.5 Å². The van der Waals surface area contributed by atoms with Gasteiger partial charge in [-0.15, -0.1) is 12.4 Å². The van der Waals surface area contributed by atoms with E-state index in [1.807, 2.05) is 6.92 Å². The zero-order chi connectivity index (χ0) is 16.2. The highest BCUT2D eigenvalue weighted by atomic mass is 35.5. The molecule has 1 rings (SSSR count). The van der Waals surface area contributed by atoms with E-state index in [1.165, 1.54) is 18.2 Å². The number of hydrogen-bond donors (Lipinski definition) is 2. The van der Waals surface area contributed by atoms with Crippen LogP contribution in [0.2, 0.25) is 0 Å². The van der Waals surface area contributed by atoms with E-state index in [-0.39, 0.29) is 23.9 Å². The van der Waals surface area contributed by atoms with Crippen LogP contribution < -0.4 is 10.5 Å². The lowest BCUT2D eigenvalue weighted by molar-refractivity contribution is -0.253. The number of halogens is 5. The second kappa shape index (κ2) is 8.55. The Morgan fingerprint density at radius 3 is 2.32 bits per heavy atom. The normalized spacial score (nSPS) is 15.9. The van der Waals surface area contributed by atoms with Gasteiger partial charge < -0.3 is 15.6 Å². The Bertz CT molecular complexity index is 462. The SMILES string of the molecule is CCC(C)[C@H](O)[C@H](N)c1ccccc1OC(F)(F)C(F)F.Cl. The minimum Gasteiger partial charge on any atom is -0.428 e. The van der Waals surface area contributed by atoms with Gasteiger partial charge in [0.15, 0.2) is 0 Å². The van der Waals surface area contributed by atoms with Crippen LogP contribution >= 0.6 is 12.4 Å². The number of aliphatic hydroxyl groups is 1. The molecule has 0 aromatic heterocycles. The van der Waals surface area contributed by atoms with Gasteiger partial charge in [-0.25, -0.2) is 0 Å². The quantitative estimate of drug-likeness (QED) is 0.740. The average Bonchev–Trinajstić information content (AvgIpc) is 2.44. The molecule has 0 radical (unpaired) electrons. The summed E-state index contributed by atoms with van der Waals surface area (Å²) in [7, 11) is 0. The Labute approximate surface area is 132 Å². The summed E-state index contributed by atoms with van der Waals surface area (Å²) in [5.41, 5.74) is 5.91. The molecule has 0 aliphatic rings. The van der Waals surface area contributed by atoms with Crippen molar-refractivity contribution in [2.75, 3.05) is 0 Å². The van der Waals surface area contributed by atoms with Crippen LogP contribution in [-0.2, 0) is 0 Å². The molecule has 0 aliphatic carbocycles. The smallest absolute Gasteiger partial charge is 0.428 e. The van der Waals surface area contributed by atoms with Gasteiger partial charge in [0.2, 0.25) is 0 Å². The van der Waals surface area contributed by atoms with Gasteiger partial charge in [0.1, 0.15) is 5.75 Å². The van der Waals surface area contributed by atoms with Crippen molar-refractivity contribution in [3.63, 3.8) is 0 Å². The van der Waals surface area contributed by atoms with Crippen LogP contribution in [0.25, 0.3) is 0 Å². The maximum Gasteiger partial charge on any atom is 0.461 e. The van der Waals surface area contributed by atoms with Crippen LogP contribution in [0.15, 0.2) is 24.3 Å². The van der Waals surface area contributed by atoms with Crippen molar-refractivity contribution in [1.29, 1.82) is 0 Å². The van der Waals surface area contributed by atoms with E-state index in [1.54, 1.807) is 6.92 Å². The van der Waals surface area contributed by atoms with Crippen molar-refractivity contribution in [2.45, 2.75) is 44.9 Å². The molecular formula is C14H20ClF4NO2. The third kappa shape index (κ3) is 5.00. The second-order valence-corrected chi connectivity index (χ2v) is 4.90. The highest BCUT2D eigenvalue weighted by Gasteiger charge is 2.44. The molecule has 128 valence electrons. The van der Waals surface area contributed by atoms with Crippen molar-refractivity contribution in [3.05, 3.63) is 29.8 Å². The fourth-order valence-corrected chi connectivity index (χ4v) is 1.82. The zero-order valence-electron chi connectivity index (χ0n) is 12.2. The molecular weight excluding hydrogens is 326 g/mol. The van der Waals surface area contributed by atoms with Gasteiger partial charge in [-0.2, -0.15) is 17.6 Å². The molecule has 3 N–H and O–H groups in total.